The topological polar surface area (TPSA) is 71.6 Å². The lowest BCUT2D eigenvalue weighted by Crippen LogP contribution is -2.37. The van der Waals surface area contributed by atoms with Crippen LogP contribution in [0.3, 0.4) is 0 Å². The summed E-state index contributed by atoms with van der Waals surface area (Å²) < 4.78 is 64.0. The molecule has 1 aliphatic heterocycles. The zero-order chi connectivity index (χ0) is 21.2. The molecule has 0 radical (unpaired) electrons. The molecule has 3 rings (SSSR count). The van der Waals surface area contributed by atoms with Crippen LogP contribution in [-0.4, -0.2) is 37.3 Å². The summed E-state index contributed by atoms with van der Waals surface area (Å²) in [5.74, 6) is -1.46. The molecule has 1 fully saturated rings. The molecule has 1 aliphatic rings. The van der Waals surface area contributed by atoms with Crippen molar-refractivity contribution >= 4 is 11.7 Å². The number of benzene rings is 1. The van der Waals surface area contributed by atoms with Crippen molar-refractivity contribution in [1.82, 2.24) is 4.98 Å². The van der Waals surface area contributed by atoms with E-state index in [9.17, 15) is 27.2 Å². The zero-order valence-electron chi connectivity index (χ0n) is 15.4. The summed E-state index contributed by atoms with van der Waals surface area (Å²) in [6.07, 6.45) is -2.46. The average Bonchev–Trinajstić information content (AvgIpc) is 3.14. The third kappa shape index (κ3) is 4.36. The van der Waals surface area contributed by atoms with E-state index in [1.165, 1.54) is 29.3 Å². The highest BCUT2D eigenvalue weighted by Crippen LogP contribution is 2.36. The number of carbonyl (C=O) groups excluding carboxylic acids is 1. The van der Waals surface area contributed by atoms with E-state index in [4.69, 9.17) is 4.74 Å². The number of halogens is 4. The molecule has 0 aliphatic carbocycles. The Kier molecular flexibility index (Phi) is 5.81. The molecule has 0 unspecified atom stereocenters. The summed E-state index contributed by atoms with van der Waals surface area (Å²) in [4.78, 5) is 26.9. The summed E-state index contributed by atoms with van der Waals surface area (Å²) in [6.45, 7) is 0.327. The zero-order valence-corrected chi connectivity index (χ0v) is 15.4. The number of esters is 1. The van der Waals surface area contributed by atoms with E-state index in [0.29, 0.717) is 19.4 Å². The van der Waals surface area contributed by atoms with Gasteiger partial charge in [0.15, 0.2) is 0 Å². The molecule has 1 N–H and O–H groups in total. The highest BCUT2D eigenvalue weighted by molar-refractivity contribution is 5.90. The van der Waals surface area contributed by atoms with Crippen LogP contribution in [0, 0.1) is 5.82 Å². The Balaban J connectivity index is 1.81. The number of H-pyrrole nitrogens is 1. The van der Waals surface area contributed by atoms with E-state index in [0.717, 1.165) is 13.2 Å². The molecule has 6 nitrogen and oxygen atoms in total. The van der Waals surface area contributed by atoms with Gasteiger partial charge in [-0.3, -0.25) is 4.79 Å². The molecule has 0 spiro atoms. The maximum Gasteiger partial charge on any atom is 0.423 e. The van der Waals surface area contributed by atoms with Gasteiger partial charge >= 0.3 is 12.1 Å². The van der Waals surface area contributed by atoms with Crippen molar-refractivity contribution < 1.29 is 31.8 Å². The van der Waals surface area contributed by atoms with E-state index in [2.05, 4.69) is 9.72 Å². The van der Waals surface area contributed by atoms with E-state index >= 15 is 0 Å². The van der Waals surface area contributed by atoms with Crippen molar-refractivity contribution in [2.75, 3.05) is 25.2 Å². The maximum absolute atomic E-state index is 13.7. The number of aromatic nitrogens is 1. The standard InChI is InChI=1S/C19H18F4N2O4/c1-28-18(27)13-9-12(4-5-14(13)20)29-10-11-3-2-8-25(11)15-6-7-24-17(26)16(15)19(21,22)23/h4-7,9,11H,2-3,8,10H2,1H3,(H,24,26)/t11-/m0/s1. The maximum atomic E-state index is 13.7. The number of carbonyl (C=O) groups is 1. The summed E-state index contributed by atoms with van der Waals surface area (Å²) in [6, 6.07) is 4.33. The monoisotopic (exact) mass is 414 g/mol. The lowest BCUT2D eigenvalue weighted by atomic mass is 10.1. The van der Waals surface area contributed by atoms with Crippen molar-refractivity contribution in [3.8, 4) is 5.75 Å². The number of hydrogen-bond donors (Lipinski definition) is 1. The minimum Gasteiger partial charge on any atom is -0.491 e. The number of alkyl halides is 3. The number of aromatic amines is 1. The van der Waals surface area contributed by atoms with Crippen molar-refractivity contribution in [2.45, 2.75) is 25.1 Å². The molecular weight excluding hydrogens is 396 g/mol. The predicted octanol–water partition coefficient (Wildman–Crippen LogP) is 3.37. The summed E-state index contributed by atoms with van der Waals surface area (Å²) in [5.41, 5.74) is -2.96. The van der Waals surface area contributed by atoms with E-state index in [-0.39, 0.29) is 23.6 Å². The molecule has 29 heavy (non-hydrogen) atoms. The number of ether oxygens (including phenoxy) is 2. The Hall–Kier alpha value is -3.04. The molecule has 2 heterocycles. The summed E-state index contributed by atoms with van der Waals surface area (Å²) >= 11 is 0. The molecule has 0 saturated carbocycles. The van der Waals surface area contributed by atoms with Gasteiger partial charge in [0, 0.05) is 12.7 Å². The van der Waals surface area contributed by atoms with Crippen molar-refractivity contribution in [2.24, 2.45) is 0 Å². The van der Waals surface area contributed by atoms with Gasteiger partial charge in [0.1, 0.15) is 23.7 Å². The minimum atomic E-state index is -4.80. The highest BCUT2D eigenvalue weighted by Gasteiger charge is 2.40. The van der Waals surface area contributed by atoms with E-state index in [1.54, 1.807) is 0 Å². The van der Waals surface area contributed by atoms with Crippen molar-refractivity contribution in [1.29, 1.82) is 0 Å². The molecule has 0 amide bonds. The second-order valence-electron chi connectivity index (χ2n) is 6.50. The molecular formula is C19H18F4N2O4. The molecule has 1 aromatic heterocycles. The Morgan fingerprint density at radius 3 is 2.76 bits per heavy atom. The number of rotatable bonds is 5. The fourth-order valence-corrected chi connectivity index (χ4v) is 3.36. The Morgan fingerprint density at radius 2 is 2.07 bits per heavy atom. The minimum absolute atomic E-state index is 0.00363. The van der Waals surface area contributed by atoms with Gasteiger partial charge in [0.2, 0.25) is 0 Å². The molecule has 0 bridgehead atoms. The first-order valence-electron chi connectivity index (χ1n) is 8.78. The van der Waals surface area contributed by atoms with Crippen LogP contribution in [0.5, 0.6) is 5.75 Å². The number of hydrogen-bond acceptors (Lipinski definition) is 5. The number of nitrogens with one attached hydrogen (secondary N) is 1. The van der Waals surface area contributed by atoms with E-state index in [1.807, 2.05) is 0 Å². The molecule has 156 valence electrons. The summed E-state index contributed by atoms with van der Waals surface area (Å²) in [7, 11) is 1.12. The lowest BCUT2D eigenvalue weighted by molar-refractivity contribution is -0.138. The number of methoxy groups -OCH3 is 1. The predicted molar refractivity (Wildman–Crippen MR) is 95.7 cm³/mol. The van der Waals surface area contributed by atoms with Crippen molar-refractivity contribution in [3.63, 3.8) is 0 Å². The van der Waals surface area contributed by atoms with Gasteiger partial charge < -0.3 is 19.4 Å². The van der Waals surface area contributed by atoms with Crippen LogP contribution in [0.2, 0.25) is 0 Å². The van der Waals surface area contributed by atoms with Gasteiger partial charge in [-0.2, -0.15) is 13.2 Å². The first kappa shape index (κ1) is 20.7. The number of anilines is 1. The first-order chi connectivity index (χ1) is 13.7. The number of pyridine rings is 1. The van der Waals surface area contributed by atoms with Gasteiger partial charge in [0.25, 0.3) is 5.56 Å². The second kappa shape index (κ2) is 8.14. The molecule has 1 atom stereocenters. The van der Waals surface area contributed by atoms with Gasteiger partial charge in [-0.1, -0.05) is 0 Å². The van der Waals surface area contributed by atoms with Gasteiger partial charge in [-0.15, -0.1) is 0 Å². The Bertz CT molecular complexity index is 958. The summed E-state index contributed by atoms with van der Waals surface area (Å²) in [5, 5.41) is 0. The van der Waals surface area contributed by atoms with Crippen LogP contribution in [0.4, 0.5) is 23.2 Å². The number of nitrogens with zero attached hydrogens (tertiary/aromatic N) is 1. The smallest absolute Gasteiger partial charge is 0.423 e. The molecule has 2 aromatic rings. The SMILES string of the molecule is COC(=O)c1cc(OC[C@@H]2CCCN2c2cc[nH]c(=O)c2C(F)(F)F)ccc1F. The Labute approximate surface area is 163 Å². The van der Waals surface area contributed by atoms with Crippen LogP contribution in [0.15, 0.2) is 35.3 Å². The molecule has 10 heteroatoms. The first-order valence-corrected chi connectivity index (χ1v) is 8.78. The molecule has 1 saturated heterocycles. The average molecular weight is 414 g/mol. The highest BCUT2D eigenvalue weighted by atomic mass is 19.4. The van der Waals surface area contributed by atoms with Crippen LogP contribution < -0.4 is 15.2 Å². The van der Waals surface area contributed by atoms with Gasteiger partial charge in [-0.05, 0) is 37.1 Å². The third-order valence-electron chi connectivity index (χ3n) is 4.69. The largest absolute Gasteiger partial charge is 0.491 e. The van der Waals surface area contributed by atoms with Gasteiger partial charge in [0.05, 0.1) is 24.4 Å². The van der Waals surface area contributed by atoms with Gasteiger partial charge in [-0.25, -0.2) is 9.18 Å². The van der Waals surface area contributed by atoms with E-state index < -0.39 is 35.1 Å². The fraction of sp³-hybridized carbons (Fsp3) is 0.368. The third-order valence-corrected chi connectivity index (χ3v) is 4.69. The fourth-order valence-electron chi connectivity index (χ4n) is 3.36. The molecule has 1 aromatic carbocycles. The quantitative estimate of drug-likeness (QED) is 0.600. The second-order valence-corrected chi connectivity index (χ2v) is 6.50. The van der Waals surface area contributed by atoms with Crippen LogP contribution in [-0.2, 0) is 10.9 Å². The Morgan fingerprint density at radius 1 is 1.31 bits per heavy atom. The van der Waals surface area contributed by atoms with Crippen LogP contribution >= 0.6 is 0 Å². The van der Waals surface area contributed by atoms with Crippen LogP contribution in [0.25, 0.3) is 0 Å². The normalized spacial score (nSPS) is 16.7. The van der Waals surface area contributed by atoms with Crippen LogP contribution in [0.1, 0.15) is 28.8 Å². The van der Waals surface area contributed by atoms with Crippen molar-refractivity contribution in [3.05, 3.63) is 57.8 Å². The lowest BCUT2D eigenvalue weighted by Gasteiger charge is -2.28.